The SMILES string of the molecule is CS(=O)(=O)N1CCN(C(=O)CSc2nc3ccccc3c(=O)n2Cc2ccccc2)CC1. The molecule has 1 fully saturated rings. The lowest BCUT2D eigenvalue weighted by atomic mass is 10.2. The fraction of sp³-hybridized carbons (Fsp3) is 0.318. The maximum absolute atomic E-state index is 13.2. The molecule has 1 aromatic heterocycles. The number of benzene rings is 2. The maximum Gasteiger partial charge on any atom is 0.262 e. The van der Waals surface area contributed by atoms with Crippen LogP contribution in [0.2, 0.25) is 0 Å². The van der Waals surface area contributed by atoms with Gasteiger partial charge in [-0.3, -0.25) is 14.2 Å². The van der Waals surface area contributed by atoms with Gasteiger partial charge in [0.1, 0.15) is 0 Å². The molecule has 0 N–H and O–H groups in total. The third-order valence-electron chi connectivity index (χ3n) is 5.40. The van der Waals surface area contributed by atoms with Gasteiger partial charge < -0.3 is 4.90 Å². The molecule has 1 aliphatic heterocycles. The maximum atomic E-state index is 13.2. The monoisotopic (exact) mass is 472 g/mol. The average Bonchev–Trinajstić information content (AvgIpc) is 2.80. The second-order valence-corrected chi connectivity index (χ2v) is 10.5. The number of hydrogen-bond donors (Lipinski definition) is 0. The summed E-state index contributed by atoms with van der Waals surface area (Å²) >= 11 is 1.23. The minimum absolute atomic E-state index is 0.100. The summed E-state index contributed by atoms with van der Waals surface area (Å²) in [6.45, 7) is 1.66. The Balaban J connectivity index is 1.54. The Bertz CT molecular complexity index is 1280. The molecule has 4 rings (SSSR count). The fourth-order valence-electron chi connectivity index (χ4n) is 3.65. The lowest BCUT2D eigenvalue weighted by Crippen LogP contribution is -2.50. The highest BCUT2D eigenvalue weighted by atomic mass is 32.2. The number of hydrogen-bond acceptors (Lipinski definition) is 6. The quantitative estimate of drug-likeness (QED) is 0.400. The average molecular weight is 473 g/mol. The first kappa shape index (κ1) is 22.5. The van der Waals surface area contributed by atoms with Gasteiger partial charge in [-0.25, -0.2) is 13.4 Å². The van der Waals surface area contributed by atoms with Crippen molar-refractivity contribution in [3.63, 3.8) is 0 Å². The number of para-hydroxylation sites is 1. The summed E-state index contributed by atoms with van der Waals surface area (Å²) in [5.74, 6) is 0.0233. The zero-order valence-electron chi connectivity index (χ0n) is 17.7. The molecule has 2 aromatic carbocycles. The molecule has 2 heterocycles. The van der Waals surface area contributed by atoms with E-state index in [1.165, 1.54) is 22.3 Å². The van der Waals surface area contributed by atoms with Crippen LogP contribution in [0, 0.1) is 0 Å². The van der Waals surface area contributed by atoms with Gasteiger partial charge in [0.25, 0.3) is 5.56 Å². The van der Waals surface area contributed by atoms with Crippen LogP contribution in [0.1, 0.15) is 5.56 Å². The van der Waals surface area contributed by atoms with Crippen molar-refractivity contribution >= 4 is 38.6 Å². The predicted octanol–water partition coefficient (Wildman–Crippen LogP) is 1.64. The predicted molar refractivity (Wildman–Crippen MR) is 125 cm³/mol. The number of thioether (sulfide) groups is 1. The molecule has 168 valence electrons. The summed E-state index contributed by atoms with van der Waals surface area (Å²) in [7, 11) is -3.25. The van der Waals surface area contributed by atoms with E-state index in [0.717, 1.165) is 5.56 Å². The Hall–Kier alpha value is -2.69. The minimum Gasteiger partial charge on any atom is -0.339 e. The van der Waals surface area contributed by atoms with E-state index in [9.17, 15) is 18.0 Å². The highest BCUT2D eigenvalue weighted by molar-refractivity contribution is 7.99. The molecule has 0 bridgehead atoms. The highest BCUT2D eigenvalue weighted by Crippen LogP contribution is 2.20. The number of amides is 1. The van der Waals surface area contributed by atoms with Gasteiger partial charge in [-0.05, 0) is 17.7 Å². The van der Waals surface area contributed by atoms with Crippen LogP contribution in [-0.4, -0.2) is 71.3 Å². The molecule has 0 radical (unpaired) electrons. The number of aromatic nitrogens is 2. The molecule has 0 spiro atoms. The molecule has 1 saturated heterocycles. The van der Waals surface area contributed by atoms with Gasteiger partial charge in [0, 0.05) is 26.2 Å². The van der Waals surface area contributed by atoms with Gasteiger partial charge >= 0.3 is 0 Å². The van der Waals surface area contributed by atoms with Crippen LogP contribution >= 0.6 is 11.8 Å². The van der Waals surface area contributed by atoms with Gasteiger partial charge in [-0.1, -0.05) is 54.2 Å². The number of carbonyl (C=O) groups is 1. The van der Waals surface area contributed by atoms with Gasteiger partial charge in [-0.2, -0.15) is 4.31 Å². The molecule has 8 nitrogen and oxygen atoms in total. The number of fused-ring (bicyclic) bond motifs is 1. The fourth-order valence-corrected chi connectivity index (χ4v) is 5.38. The number of sulfonamides is 1. The van der Waals surface area contributed by atoms with Crippen molar-refractivity contribution in [1.29, 1.82) is 0 Å². The molecular weight excluding hydrogens is 448 g/mol. The smallest absolute Gasteiger partial charge is 0.262 e. The second kappa shape index (κ2) is 9.43. The molecule has 0 unspecified atom stereocenters. The lowest BCUT2D eigenvalue weighted by Gasteiger charge is -2.33. The van der Waals surface area contributed by atoms with E-state index in [1.807, 2.05) is 42.5 Å². The summed E-state index contributed by atoms with van der Waals surface area (Å²) in [5, 5.41) is 1.02. The number of nitrogens with zero attached hydrogens (tertiary/aromatic N) is 4. The van der Waals surface area contributed by atoms with E-state index in [0.29, 0.717) is 48.8 Å². The van der Waals surface area contributed by atoms with Crippen LogP contribution in [0.25, 0.3) is 10.9 Å². The second-order valence-electron chi connectivity index (χ2n) is 7.62. The summed E-state index contributed by atoms with van der Waals surface area (Å²) in [6.07, 6.45) is 1.18. The van der Waals surface area contributed by atoms with Crippen molar-refractivity contribution in [1.82, 2.24) is 18.8 Å². The third kappa shape index (κ3) is 5.03. The van der Waals surface area contributed by atoms with Crippen LogP contribution in [0.3, 0.4) is 0 Å². The Morgan fingerprint density at radius 1 is 1.00 bits per heavy atom. The summed E-state index contributed by atoms with van der Waals surface area (Å²) < 4.78 is 26.3. The van der Waals surface area contributed by atoms with Crippen LogP contribution in [-0.2, 0) is 21.4 Å². The van der Waals surface area contributed by atoms with Crippen molar-refractivity contribution in [3.05, 3.63) is 70.5 Å². The molecule has 0 atom stereocenters. The number of carbonyl (C=O) groups excluding carboxylic acids is 1. The van der Waals surface area contributed by atoms with Crippen molar-refractivity contribution < 1.29 is 13.2 Å². The largest absolute Gasteiger partial charge is 0.339 e. The summed E-state index contributed by atoms with van der Waals surface area (Å²) in [6, 6.07) is 16.8. The first-order valence-electron chi connectivity index (χ1n) is 10.2. The first-order chi connectivity index (χ1) is 15.3. The Labute approximate surface area is 190 Å². The standard InChI is InChI=1S/C22H24N4O4S2/c1-32(29,30)25-13-11-24(12-14-25)20(27)16-31-22-23-19-10-6-5-9-18(19)21(28)26(22)15-17-7-3-2-4-8-17/h2-10H,11-16H2,1H3. The van der Waals surface area contributed by atoms with Crippen LogP contribution < -0.4 is 5.56 Å². The summed E-state index contributed by atoms with van der Waals surface area (Å²) in [5.41, 5.74) is 1.42. The van der Waals surface area contributed by atoms with Crippen LogP contribution in [0.15, 0.2) is 64.5 Å². The lowest BCUT2D eigenvalue weighted by molar-refractivity contribution is -0.129. The molecule has 1 amide bonds. The van der Waals surface area contributed by atoms with Gasteiger partial charge in [0.05, 0.1) is 29.5 Å². The molecule has 3 aromatic rings. The van der Waals surface area contributed by atoms with E-state index in [4.69, 9.17) is 0 Å². The zero-order chi connectivity index (χ0) is 22.7. The van der Waals surface area contributed by atoms with E-state index in [-0.39, 0.29) is 17.2 Å². The van der Waals surface area contributed by atoms with E-state index >= 15 is 0 Å². The Morgan fingerprint density at radius 3 is 2.34 bits per heavy atom. The highest BCUT2D eigenvalue weighted by Gasteiger charge is 2.26. The van der Waals surface area contributed by atoms with E-state index < -0.39 is 10.0 Å². The zero-order valence-corrected chi connectivity index (χ0v) is 19.3. The summed E-state index contributed by atoms with van der Waals surface area (Å²) in [4.78, 5) is 32.3. The van der Waals surface area contributed by atoms with E-state index in [2.05, 4.69) is 4.98 Å². The molecule has 0 aliphatic carbocycles. The third-order valence-corrected chi connectivity index (χ3v) is 7.66. The van der Waals surface area contributed by atoms with Gasteiger partial charge in [0.15, 0.2) is 5.16 Å². The Morgan fingerprint density at radius 2 is 1.66 bits per heavy atom. The van der Waals surface area contributed by atoms with Crippen LogP contribution in [0.4, 0.5) is 0 Å². The molecule has 32 heavy (non-hydrogen) atoms. The minimum atomic E-state index is -3.25. The van der Waals surface area contributed by atoms with Crippen molar-refractivity contribution in [2.24, 2.45) is 0 Å². The van der Waals surface area contributed by atoms with E-state index in [1.54, 1.807) is 21.6 Å². The van der Waals surface area contributed by atoms with Crippen molar-refractivity contribution in [2.45, 2.75) is 11.7 Å². The van der Waals surface area contributed by atoms with Crippen LogP contribution in [0.5, 0.6) is 0 Å². The molecular formula is C22H24N4O4S2. The van der Waals surface area contributed by atoms with Gasteiger partial charge in [-0.15, -0.1) is 0 Å². The van der Waals surface area contributed by atoms with Gasteiger partial charge in [0.2, 0.25) is 15.9 Å². The van der Waals surface area contributed by atoms with Crippen molar-refractivity contribution in [3.8, 4) is 0 Å². The number of piperazine rings is 1. The topological polar surface area (TPSA) is 92.6 Å². The normalized spacial score (nSPS) is 15.2. The molecule has 0 saturated carbocycles. The Kier molecular flexibility index (Phi) is 6.63. The number of rotatable bonds is 6. The first-order valence-corrected chi connectivity index (χ1v) is 13.1. The van der Waals surface area contributed by atoms with Crippen molar-refractivity contribution in [2.75, 3.05) is 38.2 Å². The molecule has 1 aliphatic rings. The molecule has 10 heteroatoms.